The molecule has 1 aromatic heterocycles. The number of nitrogens with zero attached hydrogens (tertiary/aromatic N) is 2. The normalized spacial score (nSPS) is 26.6. The number of hydrogen-bond acceptors (Lipinski definition) is 4. The van der Waals surface area contributed by atoms with Gasteiger partial charge in [-0.2, -0.15) is 0 Å². The minimum atomic E-state index is -0.600. The summed E-state index contributed by atoms with van der Waals surface area (Å²) in [5.41, 5.74) is 1.90. The molecule has 2 fully saturated rings. The van der Waals surface area contributed by atoms with E-state index in [2.05, 4.69) is 41.1 Å². The SMILES string of the molecule is Cc1ccc(-c2ncc(CN3C[C@@H]4CCC[C@@]4(C(=O)O)C3)s2)cc1. The lowest BCUT2D eigenvalue weighted by atomic mass is 9.81. The molecule has 24 heavy (non-hydrogen) atoms. The van der Waals surface area contributed by atoms with Crippen LogP contribution in [-0.4, -0.2) is 34.0 Å². The number of carboxylic acids is 1. The van der Waals surface area contributed by atoms with Crippen molar-refractivity contribution < 1.29 is 9.90 Å². The van der Waals surface area contributed by atoms with E-state index in [0.29, 0.717) is 12.5 Å². The van der Waals surface area contributed by atoms with E-state index in [4.69, 9.17) is 0 Å². The van der Waals surface area contributed by atoms with Gasteiger partial charge in [0.15, 0.2) is 0 Å². The van der Waals surface area contributed by atoms with Crippen LogP contribution in [0, 0.1) is 18.3 Å². The van der Waals surface area contributed by atoms with Gasteiger partial charge in [0.1, 0.15) is 5.01 Å². The Bertz CT molecular complexity index is 755. The van der Waals surface area contributed by atoms with Gasteiger partial charge < -0.3 is 5.11 Å². The molecular weight excluding hydrogens is 320 g/mol. The Hall–Kier alpha value is -1.72. The van der Waals surface area contributed by atoms with Crippen LogP contribution in [0.15, 0.2) is 30.5 Å². The van der Waals surface area contributed by atoms with Crippen molar-refractivity contribution in [3.63, 3.8) is 0 Å². The van der Waals surface area contributed by atoms with E-state index < -0.39 is 11.4 Å². The van der Waals surface area contributed by atoms with E-state index >= 15 is 0 Å². The standard InChI is InChI=1S/C19H22N2O2S/c1-13-4-6-14(7-5-13)17-20-9-16(24-17)11-21-10-15-3-2-8-19(15,12-21)18(22)23/h4-7,9,15H,2-3,8,10-12H2,1H3,(H,22,23)/t15-,19+/m0/s1. The maximum atomic E-state index is 11.8. The summed E-state index contributed by atoms with van der Waals surface area (Å²) in [6, 6.07) is 8.43. The minimum absolute atomic E-state index is 0.319. The molecule has 2 atom stereocenters. The first kappa shape index (κ1) is 15.8. The minimum Gasteiger partial charge on any atom is -0.481 e. The molecule has 0 spiro atoms. The number of fused-ring (bicyclic) bond motifs is 1. The molecule has 1 saturated heterocycles. The van der Waals surface area contributed by atoms with Crippen LogP contribution in [0.4, 0.5) is 0 Å². The molecule has 5 heteroatoms. The van der Waals surface area contributed by atoms with Gasteiger partial charge in [0, 0.05) is 36.3 Å². The van der Waals surface area contributed by atoms with Gasteiger partial charge >= 0.3 is 5.97 Å². The van der Waals surface area contributed by atoms with Crippen molar-refractivity contribution in [1.29, 1.82) is 0 Å². The van der Waals surface area contributed by atoms with Crippen molar-refractivity contribution in [1.82, 2.24) is 9.88 Å². The van der Waals surface area contributed by atoms with Gasteiger partial charge in [-0.1, -0.05) is 36.2 Å². The average molecular weight is 342 g/mol. The Balaban J connectivity index is 1.47. The number of benzene rings is 1. The maximum Gasteiger partial charge on any atom is 0.311 e. The van der Waals surface area contributed by atoms with E-state index in [-0.39, 0.29) is 0 Å². The number of carbonyl (C=O) groups is 1. The van der Waals surface area contributed by atoms with Crippen LogP contribution < -0.4 is 0 Å². The van der Waals surface area contributed by atoms with Crippen LogP contribution in [-0.2, 0) is 11.3 Å². The molecule has 0 bridgehead atoms. The van der Waals surface area contributed by atoms with Gasteiger partial charge in [0.2, 0.25) is 0 Å². The zero-order valence-electron chi connectivity index (χ0n) is 13.9. The Morgan fingerprint density at radius 3 is 2.92 bits per heavy atom. The first-order chi connectivity index (χ1) is 11.6. The van der Waals surface area contributed by atoms with Gasteiger partial charge in [-0.05, 0) is 25.7 Å². The molecule has 2 aromatic rings. The van der Waals surface area contributed by atoms with E-state index in [1.54, 1.807) is 11.3 Å². The summed E-state index contributed by atoms with van der Waals surface area (Å²) in [5.74, 6) is -0.281. The number of aryl methyl sites for hydroxylation is 1. The molecule has 1 aromatic carbocycles. The fourth-order valence-corrected chi connectivity index (χ4v) is 5.25. The predicted octanol–water partition coefficient (Wildman–Crippen LogP) is 3.81. The van der Waals surface area contributed by atoms with Gasteiger partial charge in [0.25, 0.3) is 0 Å². The quantitative estimate of drug-likeness (QED) is 0.918. The summed E-state index contributed by atoms with van der Waals surface area (Å²) < 4.78 is 0. The topological polar surface area (TPSA) is 53.4 Å². The van der Waals surface area contributed by atoms with Crippen molar-refractivity contribution in [3.8, 4) is 10.6 Å². The fraction of sp³-hybridized carbons (Fsp3) is 0.474. The largest absolute Gasteiger partial charge is 0.481 e. The van der Waals surface area contributed by atoms with Crippen LogP contribution in [0.25, 0.3) is 10.6 Å². The van der Waals surface area contributed by atoms with Crippen LogP contribution >= 0.6 is 11.3 Å². The van der Waals surface area contributed by atoms with E-state index in [1.807, 2.05) is 6.20 Å². The van der Waals surface area contributed by atoms with Crippen molar-refractivity contribution in [2.75, 3.05) is 13.1 Å². The lowest BCUT2D eigenvalue weighted by Gasteiger charge is -2.23. The fourth-order valence-electron chi connectivity index (χ4n) is 4.29. The van der Waals surface area contributed by atoms with E-state index in [1.165, 1.54) is 10.4 Å². The number of thiazole rings is 1. The first-order valence-corrected chi connectivity index (χ1v) is 9.36. The summed E-state index contributed by atoms with van der Waals surface area (Å²) in [4.78, 5) is 19.9. The number of carboxylic acid groups (broad SMARTS) is 1. The highest BCUT2D eigenvalue weighted by molar-refractivity contribution is 7.15. The average Bonchev–Trinajstić information content (AvgIpc) is 3.22. The lowest BCUT2D eigenvalue weighted by Crippen LogP contribution is -2.35. The molecule has 1 N–H and O–H groups in total. The van der Waals surface area contributed by atoms with Gasteiger partial charge in [-0.15, -0.1) is 11.3 Å². The summed E-state index contributed by atoms with van der Waals surface area (Å²) in [6.45, 7) is 4.49. The van der Waals surface area contributed by atoms with Gasteiger partial charge in [-0.25, -0.2) is 4.98 Å². The number of likely N-dealkylation sites (tertiary alicyclic amines) is 1. The Morgan fingerprint density at radius 2 is 2.21 bits per heavy atom. The van der Waals surface area contributed by atoms with Crippen LogP contribution in [0.5, 0.6) is 0 Å². The smallest absolute Gasteiger partial charge is 0.311 e. The molecule has 4 nitrogen and oxygen atoms in total. The molecule has 0 amide bonds. The second-order valence-electron chi connectivity index (χ2n) is 7.22. The second kappa shape index (κ2) is 5.97. The molecule has 0 radical (unpaired) electrons. The monoisotopic (exact) mass is 342 g/mol. The molecule has 2 heterocycles. The van der Waals surface area contributed by atoms with Crippen LogP contribution in [0.1, 0.15) is 29.7 Å². The summed E-state index contributed by atoms with van der Waals surface area (Å²) in [6.07, 6.45) is 4.89. The number of rotatable bonds is 4. The molecule has 1 saturated carbocycles. The molecule has 0 unspecified atom stereocenters. The van der Waals surface area contributed by atoms with Gasteiger partial charge in [0.05, 0.1) is 5.41 Å². The maximum absolute atomic E-state index is 11.8. The zero-order chi connectivity index (χ0) is 16.7. The number of aliphatic carboxylic acids is 1. The molecule has 4 rings (SSSR count). The third kappa shape index (κ3) is 2.66. The predicted molar refractivity (Wildman–Crippen MR) is 95.0 cm³/mol. The van der Waals surface area contributed by atoms with E-state index in [9.17, 15) is 9.90 Å². The Morgan fingerprint density at radius 1 is 1.42 bits per heavy atom. The molecule has 1 aliphatic carbocycles. The highest BCUT2D eigenvalue weighted by atomic mass is 32.1. The van der Waals surface area contributed by atoms with Gasteiger partial charge in [-0.3, -0.25) is 9.69 Å². The lowest BCUT2D eigenvalue weighted by molar-refractivity contribution is -0.149. The molecule has 1 aliphatic heterocycles. The number of aromatic nitrogens is 1. The highest BCUT2D eigenvalue weighted by Gasteiger charge is 2.54. The van der Waals surface area contributed by atoms with E-state index in [0.717, 1.165) is 42.9 Å². The second-order valence-corrected chi connectivity index (χ2v) is 8.33. The first-order valence-electron chi connectivity index (χ1n) is 8.54. The highest BCUT2D eigenvalue weighted by Crippen LogP contribution is 2.49. The summed E-state index contributed by atoms with van der Waals surface area (Å²) in [7, 11) is 0. The Labute approximate surface area is 146 Å². The summed E-state index contributed by atoms with van der Waals surface area (Å²) >= 11 is 1.71. The van der Waals surface area contributed by atoms with Crippen molar-refractivity contribution in [2.24, 2.45) is 11.3 Å². The molecule has 2 aliphatic rings. The van der Waals surface area contributed by atoms with Crippen molar-refractivity contribution in [2.45, 2.75) is 32.7 Å². The third-order valence-corrected chi connectivity index (χ3v) is 6.63. The number of hydrogen-bond donors (Lipinski definition) is 1. The molecule has 126 valence electrons. The third-order valence-electron chi connectivity index (χ3n) is 5.60. The molecular formula is C19H22N2O2S. The van der Waals surface area contributed by atoms with Crippen molar-refractivity contribution in [3.05, 3.63) is 40.9 Å². The Kier molecular flexibility index (Phi) is 3.93. The van der Waals surface area contributed by atoms with Crippen LogP contribution in [0.3, 0.4) is 0 Å². The van der Waals surface area contributed by atoms with Crippen molar-refractivity contribution >= 4 is 17.3 Å². The summed E-state index contributed by atoms with van der Waals surface area (Å²) in [5, 5.41) is 10.7. The van der Waals surface area contributed by atoms with Crippen LogP contribution in [0.2, 0.25) is 0 Å². The zero-order valence-corrected chi connectivity index (χ0v) is 14.7.